The molecule has 0 aromatic heterocycles. The van der Waals surface area contributed by atoms with Crippen molar-refractivity contribution in [2.75, 3.05) is 26.7 Å². The van der Waals surface area contributed by atoms with Crippen LogP contribution in [-0.2, 0) is 0 Å². The molecule has 2 nitrogen and oxygen atoms in total. The highest BCUT2D eigenvalue weighted by Crippen LogP contribution is 2.30. The van der Waals surface area contributed by atoms with Crippen molar-refractivity contribution in [3.05, 3.63) is 0 Å². The van der Waals surface area contributed by atoms with Crippen molar-refractivity contribution in [1.82, 2.24) is 10.2 Å². The quantitative estimate of drug-likeness (QED) is 0.813. The molecule has 0 aromatic rings. The monoisotopic (exact) mass is 238 g/mol. The second-order valence-electron chi connectivity index (χ2n) is 6.74. The molecule has 1 saturated heterocycles. The minimum Gasteiger partial charge on any atom is -0.314 e. The molecule has 1 aliphatic heterocycles. The van der Waals surface area contributed by atoms with E-state index in [1.165, 1.54) is 58.2 Å². The minimum atomic E-state index is 0.400. The third kappa shape index (κ3) is 3.69. The highest BCUT2D eigenvalue weighted by atomic mass is 15.1. The highest BCUT2D eigenvalue weighted by molar-refractivity contribution is 4.88. The van der Waals surface area contributed by atoms with Gasteiger partial charge in [0.2, 0.25) is 0 Å². The lowest BCUT2D eigenvalue weighted by molar-refractivity contribution is 0.119. The van der Waals surface area contributed by atoms with E-state index in [0.29, 0.717) is 5.54 Å². The van der Waals surface area contributed by atoms with Gasteiger partial charge in [-0.25, -0.2) is 0 Å². The van der Waals surface area contributed by atoms with Crippen LogP contribution in [0.15, 0.2) is 0 Å². The van der Waals surface area contributed by atoms with Gasteiger partial charge >= 0.3 is 0 Å². The topological polar surface area (TPSA) is 15.3 Å². The number of hydrogen-bond donors (Lipinski definition) is 1. The van der Waals surface area contributed by atoms with Crippen molar-refractivity contribution >= 4 is 0 Å². The van der Waals surface area contributed by atoms with Gasteiger partial charge < -0.3 is 10.2 Å². The Morgan fingerprint density at radius 1 is 1.12 bits per heavy atom. The summed E-state index contributed by atoms with van der Waals surface area (Å²) in [6, 6.07) is 0. The second kappa shape index (κ2) is 5.71. The van der Waals surface area contributed by atoms with Crippen LogP contribution in [0.5, 0.6) is 0 Å². The first-order valence-electron chi connectivity index (χ1n) is 7.52. The molecule has 1 N–H and O–H groups in total. The molecular weight excluding hydrogens is 208 g/mol. The van der Waals surface area contributed by atoms with Crippen LogP contribution in [0.1, 0.15) is 52.4 Å². The van der Waals surface area contributed by atoms with Gasteiger partial charge in [-0.3, -0.25) is 0 Å². The van der Waals surface area contributed by atoms with Crippen LogP contribution in [0.2, 0.25) is 0 Å². The van der Waals surface area contributed by atoms with Crippen molar-refractivity contribution in [2.45, 2.75) is 57.9 Å². The third-order valence-corrected chi connectivity index (χ3v) is 5.21. The van der Waals surface area contributed by atoms with E-state index >= 15 is 0 Å². The zero-order valence-corrected chi connectivity index (χ0v) is 12.0. The van der Waals surface area contributed by atoms with Gasteiger partial charge in [-0.15, -0.1) is 0 Å². The summed E-state index contributed by atoms with van der Waals surface area (Å²) in [5, 5.41) is 3.48. The molecule has 17 heavy (non-hydrogen) atoms. The fraction of sp³-hybridized carbons (Fsp3) is 1.00. The lowest BCUT2D eigenvalue weighted by atomic mass is 9.82. The van der Waals surface area contributed by atoms with Crippen molar-refractivity contribution in [3.63, 3.8) is 0 Å². The van der Waals surface area contributed by atoms with Crippen LogP contribution >= 0.6 is 0 Å². The summed E-state index contributed by atoms with van der Waals surface area (Å²) >= 11 is 0. The van der Waals surface area contributed by atoms with Gasteiger partial charge in [0.1, 0.15) is 0 Å². The molecule has 1 saturated carbocycles. The molecule has 0 atom stereocenters. The first kappa shape index (κ1) is 13.4. The van der Waals surface area contributed by atoms with Crippen molar-refractivity contribution in [2.24, 2.45) is 11.8 Å². The highest BCUT2D eigenvalue weighted by Gasteiger charge is 2.29. The molecule has 0 bridgehead atoms. The van der Waals surface area contributed by atoms with Gasteiger partial charge in [-0.2, -0.15) is 0 Å². The van der Waals surface area contributed by atoms with E-state index in [9.17, 15) is 0 Å². The number of nitrogens with one attached hydrogen (secondary N) is 1. The summed E-state index contributed by atoms with van der Waals surface area (Å²) in [5.41, 5.74) is 0.400. The van der Waals surface area contributed by atoms with Crippen LogP contribution in [-0.4, -0.2) is 37.1 Å². The Morgan fingerprint density at radius 2 is 1.71 bits per heavy atom. The van der Waals surface area contributed by atoms with Gasteiger partial charge in [0, 0.05) is 12.1 Å². The smallest absolute Gasteiger partial charge is 0.0174 e. The maximum absolute atomic E-state index is 3.48. The molecule has 0 aromatic carbocycles. The number of piperidine rings is 1. The van der Waals surface area contributed by atoms with Gasteiger partial charge in [0.05, 0.1) is 0 Å². The van der Waals surface area contributed by atoms with Crippen LogP contribution < -0.4 is 5.32 Å². The summed E-state index contributed by atoms with van der Waals surface area (Å²) in [6.45, 7) is 8.74. The Kier molecular flexibility index (Phi) is 4.48. The first-order chi connectivity index (χ1) is 8.11. The maximum Gasteiger partial charge on any atom is 0.0174 e. The van der Waals surface area contributed by atoms with E-state index in [4.69, 9.17) is 0 Å². The van der Waals surface area contributed by atoms with Gasteiger partial charge in [-0.05, 0) is 64.6 Å². The van der Waals surface area contributed by atoms with E-state index in [1.54, 1.807) is 0 Å². The SMILES string of the molecule is CNC1(C)CCN(CC2CCC(C)CC2)CC1. The van der Waals surface area contributed by atoms with Gasteiger partial charge in [0.25, 0.3) is 0 Å². The van der Waals surface area contributed by atoms with Gasteiger partial charge in [0.15, 0.2) is 0 Å². The fourth-order valence-electron chi connectivity index (χ4n) is 3.36. The number of nitrogens with zero attached hydrogens (tertiary/aromatic N) is 1. The Bertz CT molecular complexity index is 223. The van der Waals surface area contributed by atoms with E-state index in [-0.39, 0.29) is 0 Å². The van der Waals surface area contributed by atoms with E-state index in [1.807, 2.05) is 0 Å². The molecule has 0 unspecified atom stereocenters. The summed E-state index contributed by atoms with van der Waals surface area (Å²) in [5.74, 6) is 1.98. The van der Waals surface area contributed by atoms with E-state index < -0.39 is 0 Å². The summed E-state index contributed by atoms with van der Waals surface area (Å²) in [7, 11) is 2.11. The Labute approximate surface area is 107 Å². The lowest BCUT2D eigenvalue weighted by Crippen LogP contribution is -2.50. The molecule has 2 aliphatic rings. The molecule has 2 fully saturated rings. The molecule has 0 amide bonds. The zero-order valence-electron chi connectivity index (χ0n) is 12.0. The Balaban J connectivity index is 1.71. The van der Waals surface area contributed by atoms with Crippen LogP contribution in [0.25, 0.3) is 0 Å². The molecule has 2 heteroatoms. The average Bonchev–Trinajstić information content (AvgIpc) is 2.35. The van der Waals surface area contributed by atoms with Crippen molar-refractivity contribution in [1.29, 1.82) is 0 Å². The molecule has 1 heterocycles. The van der Waals surface area contributed by atoms with E-state index in [2.05, 4.69) is 31.1 Å². The van der Waals surface area contributed by atoms with Crippen LogP contribution in [0.3, 0.4) is 0 Å². The molecule has 0 spiro atoms. The predicted molar refractivity (Wildman–Crippen MR) is 74.3 cm³/mol. The van der Waals surface area contributed by atoms with Crippen molar-refractivity contribution < 1.29 is 0 Å². The standard InChI is InChI=1S/C15H30N2/c1-13-4-6-14(7-5-13)12-17-10-8-15(2,16-3)9-11-17/h13-14,16H,4-12H2,1-3H3. The van der Waals surface area contributed by atoms with Crippen molar-refractivity contribution in [3.8, 4) is 0 Å². The molecule has 100 valence electrons. The molecule has 0 radical (unpaired) electrons. The third-order valence-electron chi connectivity index (χ3n) is 5.21. The molecular formula is C15H30N2. The molecule has 2 rings (SSSR count). The number of hydrogen-bond acceptors (Lipinski definition) is 2. The fourth-order valence-corrected chi connectivity index (χ4v) is 3.36. The van der Waals surface area contributed by atoms with Crippen LogP contribution in [0.4, 0.5) is 0 Å². The first-order valence-corrected chi connectivity index (χ1v) is 7.52. The number of rotatable bonds is 3. The number of likely N-dealkylation sites (tertiary alicyclic amines) is 1. The van der Waals surface area contributed by atoms with Crippen LogP contribution in [0, 0.1) is 11.8 Å². The predicted octanol–water partition coefficient (Wildman–Crippen LogP) is 2.89. The summed E-state index contributed by atoms with van der Waals surface area (Å²) < 4.78 is 0. The maximum atomic E-state index is 3.48. The van der Waals surface area contributed by atoms with Gasteiger partial charge in [-0.1, -0.05) is 19.8 Å². The Hall–Kier alpha value is -0.0800. The zero-order chi connectivity index (χ0) is 12.3. The Morgan fingerprint density at radius 3 is 2.24 bits per heavy atom. The molecule has 1 aliphatic carbocycles. The summed E-state index contributed by atoms with van der Waals surface area (Å²) in [4.78, 5) is 2.71. The largest absolute Gasteiger partial charge is 0.314 e. The lowest BCUT2D eigenvalue weighted by Gasteiger charge is -2.41. The summed E-state index contributed by atoms with van der Waals surface area (Å²) in [6.07, 6.45) is 8.50. The average molecular weight is 238 g/mol. The normalized spacial score (nSPS) is 34.8. The second-order valence-corrected chi connectivity index (χ2v) is 6.74. The minimum absolute atomic E-state index is 0.400. The van der Waals surface area contributed by atoms with E-state index in [0.717, 1.165) is 11.8 Å².